The molecule has 0 unspecified atom stereocenters. The standard InChI is InChI=1S/C6H7N2OS2/c1-7-4(10)3-5(11)8(2)6(7)9/h1,3H2,2H3/q+1. The molecule has 3 nitrogen and oxygen atoms in total. The monoisotopic (exact) mass is 187 g/mol. The Morgan fingerprint density at radius 1 is 1.64 bits per heavy atom. The molecular weight excluding hydrogens is 180 g/mol. The lowest BCUT2D eigenvalue weighted by atomic mass is 10.3. The fraction of sp³-hybridized carbons (Fsp3) is 0.333. The third-order valence-electron chi connectivity index (χ3n) is 1.50. The molecule has 0 N–H and O–H groups in total. The lowest BCUT2D eigenvalue weighted by Gasteiger charge is -2.16. The molecule has 1 aliphatic rings. The van der Waals surface area contributed by atoms with Crippen molar-refractivity contribution in [2.24, 2.45) is 0 Å². The van der Waals surface area contributed by atoms with Gasteiger partial charge in [-0.25, -0.2) is 0 Å². The second kappa shape index (κ2) is 2.75. The van der Waals surface area contributed by atoms with Gasteiger partial charge in [0.05, 0.1) is 20.2 Å². The van der Waals surface area contributed by atoms with Crippen LogP contribution in [0.15, 0.2) is 0 Å². The number of carbonyl (C=O) groups excluding carboxylic acids is 1. The first-order chi connectivity index (χ1) is 5.04. The van der Waals surface area contributed by atoms with E-state index >= 15 is 0 Å². The molecule has 0 aliphatic carbocycles. The van der Waals surface area contributed by atoms with E-state index < -0.39 is 0 Å². The van der Waals surface area contributed by atoms with Crippen molar-refractivity contribution in [3.05, 3.63) is 0 Å². The molecule has 0 radical (unpaired) electrons. The second-order valence-corrected chi connectivity index (χ2v) is 3.18. The van der Waals surface area contributed by atoms with Gasteiger partial charge in [-0.3, -0.25) is 0 Å². The van der Waals surface area contributed by atoms with E-state index in [-0.39, 0.29) is 6.03 Å². The summed E-state index contributed by atoms with van der Waals surface area (Å²) >= 11 is 9.76. The van der Waals surface area contributed by atoms with Crippen LogP contribution in [0.5, 0.6) is 0 Å². The zero-order valence-electron chi connectivity index (χ0n) is 6.03. The topological polar surface area (TPSA) is 23.3 Å². The van der Waals surface area contributed by atoms with E-state index in [0.717, 1.165) is 0 Å². The SMILES string of the molecule is C=[N+]1C(=O)N(C)C(=S)CC1=S. The summed E-state index contributed by atoms with van der Waals surface area (Å²) in [6.45, 7) is 3.49. The second-order valence-electron chi connectivity index (χ2n) is 2.23. The minimum atomic E-state index is -0.258. The Morgan fingerprint density at radius 2 is 2.18 bits per heavy atom. The number of urea groups is 1. The molecule has 1 fully saturated rings. The average Bonchev–Trinajstić information content (AvgIpc) is 1.97. The molecule has 1 rings (SSSR count). The maximum absolute atomic E-state index is 11.2. The molecule has 2 amide bonds. The highest BCUT2D eigenvalue weighted by molar-refractivity contribution is 7.82. The highest BCUT2D eigenvalue weighted by Crippen LogP contribution is 2.07. The van der Waals surface area contributed by atoms with Gasteiger partial charge < -0.3 is 0 Å². The molecule has 1 heterocycles. The molecule has 0 aromatic rings. The fourth-order valence-corrected chi connectivity index (χ4v) is 1.26. The van der Waals surface area contributed by atoms with Gasteiger partial charge in [-0.2, -0.15) is 14.3 Å². The molecule has 0 atom stereocenters. The van der Waals surface area contributed by atoms with Gasteiger partial charge in [0.15, 0.2) is 9.98 Å². The van der Waals surface area contributed by atoms with E-state index in [9.17, 15) is 4.79 Å². The highest BCUT2D eigenvalue weighted by atomic mass is 32.1. The van der Waals surface area contributed by atoms with Crippen molar-refractivity contribution in [2.45, 2.75) is 6.42 Å². The smallest absolute Gasteiger partial charge is 0.196 e. The third-order valence-corrected chi connectivity index (χ3v) is 2.28. The van der Waals surface area contributed by atoms with E-state index in [2.05, 4.69) is 6.72 Å². The van der Waals surface area contributed by atoms with Crippen LogP contribution in [-0.2, 0) is 0 Å². The zero-order valence-corrected chi connectivity index (χ0v) is 7.67. The first-order valence-electron chi connectivity index (χ1n) is 2.98. The van der Waals surface area contributed by atoms with Crippen LogP contribution in [-0.4, -0.2) is 39.2 Å². The van der Waals surface area contributed by atoms with E-state index in [1.807, 2.05) is 0 Å². The average molecular weight is 187 g/mol. The van der Waals surface area contributed by atoms with Crippen molar-refractivity contribution in [1.82, 2.24) is 4.90 Å². The van der Waals surface area contributed by atoms with Crippen molar-refractivity contribution in [3.63, 3.8) is 0 Å². The van der Waals surface area contributed by atoms with Crippen LogP contribution in [0.4, 0.5) is 4.79 Å². The van der Waals surface area contributed by atoms with Crippen molar-refractivity contribution in [3.8, 4) is 0 Å². The molecule has 58 valence electrons. The molecule has 1 aliphatic heterocycles. The van der Waals surface area contributed by atoms with Crippen molar-refractivity contribution in [2.75, 3.05) is 7.05 Å². The van der Waals surface area contributed by atoms with Crippen LogP contribution < -0.4 is 0 Å². The first-order valence-corrected chi connectivity index (χ1v) is 3.79. The van der Waals surface area contributed by atoms with Crippen molar-refractivity contribution >= 4 is 47.2 Å². The number of amides is 2. The summed E-state index contributed by atoms with van der Waals surface area (Å²) in [7, 11) is 1.62. The number of nitrogens with zero attached hydrogens (tertiary/aromatic N) is 2. The summed E-state index contributed by atoms with van der Waals surface area (Å²) in [5.41, 5.74) is 0. The van der Waals surface area contributed by atoms with Gasteiger partial charge in [-0.15, -0.1) is 0 Å². The highest BCUT2D eigenvalue weighted by Gasteiger charge is 2.34. The van der Waals surface area contributed by atoms with E-state index in [0.29, 0.717) is 16.4 Å². The van der Waals surface area contributed by atoms with Crippen molar-refractivity contribution in [1.29, 1.82) is 0 Å². The van der Waals surface area contributed by atoms with Gasteiger partial charge in [0.2, 0.25) is 0 Å². The molecular formula is C6H7N2OS2+. The Hall–Kier alpha value is -0.680. The summed E-state index contributed by atoms with van der Waals surface area (Å²) in [5.74, 6) is 0. The molecule has 0 bridgehead atoms. The number of carbonyl (C=O) groups is 1. The summed E-state index contributed by atoms with van der Waals surface area (Å²) < 4.78 is 1.19. The lowest BCUT2D eigenvalue weighted by Crippen LogP contribution is -2.46. The Balaban J connectivity index is 2.96. The summed E-state index contributed by atoms with van der Waals surface area (Å²) in [5, 5.41) is 0. The number of hydrogen-bond acceptors (Lipinski definition) is 3. The summed E-state index contributed by atoms with van der Waals surface area (Å²) in [6, 6.07) is -0.258. The Morgan fingerprint density at radius 3 is 2.73 bits per heavy atom. The quantitative estimate of drug-likeness (QED) is 0.414. The predicted octanol–water partition coefficient (Wildman–Crippen LogP) is 0.810. The summed E-state index contributed by atoms with van der Waals surface area (Å²) in [6.07, 6.45) is 0.469. The van der Waals surface area contributed by atoms with Gasteiger partial charge in [-0.1, -0.05) is 0 Å². The van der Waals surface area contributed by atoms with E-state index in [4.69, 9.17) is 24.4 Å². The maximum Gasteiger partial charge on any atom is 0.503 e. The van der Waals surface area contributed by atoms with Crippen LogP contribution in [0.2, 0.25) is 0 Å². The molecule has 11 heavy (non-hydrogen) atoms. The van der Waals surface area contributed by atoms with Gasteiger partial charge >= 0.3 is 6.03 Å². The molecule has 1 saturated heterocycles. The normalized spacial score (nSPS) is 19.5. The van der Waals surface area contributed by atoms with Crippen LogP contribution >= 0.6 is 24.4 Å². The third kappa shape index (κ3) is 1.34. The van der Waals surface area contributed by atoms with Crippen LogP contribution in [0, 0.1) is 0 Å². The zero-order chi connectivity index (χ0) is 8.59. The minimum absolute atomic E-state index is 0.258. The summed E-state index contributed by atoms with van der Waals surface area (Å²) in [4.78, 5) is 13.6. The molecule has 0 aromatic heterocycles. The van der Waals surface area contributed by atoms with E-state index in [1.54, 1.807) is 7.05 Å². The number of rotatable bonds is 0. The largest absolute Gasteiger partial charge is 0.503 e. The Bertz CT molecular complexity index is 272. The minimum Gasteiger partial charge on any atom is -0.196 e. The van der Waals surface area contributed by atoms with Gasteiger partial charge in [-0.05, 0) is 24.4 Å². The van der Waals surface area contributed by atoms with Crippen LogP contribution in [0.1, 0.15) is 6.42 Å². The fourth-order valence-electron chi connectivity index (χ4n) is 0.738. The molecule has 0 aromatic carbocycles. The van der Waals surface area contributed by atoms with Crippen LogP contribution in [0.25, 0.3) is 0 Å². The Labute approximate surface area is 75.3 Å². The maximum atomic E-state index is 11.2. The van der Waals surface area contributed by atoms with Crippen LogP contribution in [0.3, 0.4) is 0 Å². The molecule has 0 spiro atoms. The van der Waals surface area contributed by atoms with Gasteiger partial charge in [0.1, 0.15) is 0 Å². The predicted molar refractivity (Wildman–Crippen MR) is 50.4 cm³/mol. The van der Waals surface area contributed by atoms with Gasteiger partial charge in [0.25, 0.3) is 0 Å². The Kier molecular flexibility index (Phi) is 2.10. The lowest BCUT2D eigenvalue weighted by molar-refractivity contribution is -0.297. The molecule has 5 heteroatoms. The van der Waals surface area contributed by atoms with E-state index in [1.165, 1.54) is 9.48 Å². The number of thiocarbonyl (C=S) groups is 2. The van der Waals surface area contributed by atoms with Gasteiger partial charge in [0, 0.05) is 0 Å². The molecule has 0 saturated carbocycles. The number of hydrogen-bond donors (Lipinski definition) is 0. The first kappa shape index (κ1) is 8.42. The van der Waals surface area contributed by atoms with Crippen molar-refractivity contribution < 1.29 is 9.37 Å².